The maximum Gasteiger partial charge on any atom is 0.0689 e. The lowest BCUT2D eigenvalue weighted by molar-refractivity contribution is 0.0857. The Labute approximate surface area is 101 Å². The normalized spacial score (nSPS) is 36.9. The van der Waals surface area contributed by atoms with Crippen molar-refractivity contribution in [2.24, 2.45) is 5.73 Å². The number of hydrogen-bond donors (Lipinski definition) is 1. The Morgan fingerprint density at radius 1 is 1.31 bits per heavy atom. The highest BCUT2D eigenvalue weighted by Crippen LogP contribution is 2.48. The van der Waals surface area contributed by atoms with Crippen LogP contribution in [0.25, 0.3) is 0 Å². The van der Waals surface area contributed by atoms with E-state index in [1.807, 2.05) is 12.1 Å². The van der Waals surface area contributed by atoms with Crippen molar-refractivity contribution < 1.29 is 4.74 Å². The second-order valence-electron chi connectivity index (χ2n) is 4.90. The highest BCUT2D eigenvalue weighted by molar-refractivity contribution is 6.30. The summed E-state index contributed by atoms with van der Waals surface area (Å²) in [5.41, 5.74) is 7.33. The molecule has 3 unspecified atom stereocenters. The molecule has 1 aromatic rings. The lowest BCUT2D eigenvalue weighted by Crippen LogP contribution is -2.43. The first-order chi connectivity index (χ1) is 7.74. The summed E-state index contributed by atoms with van der Waals surface area (Å²) in [7, 11) is 0. The summed E-state index contributed by atoms with van der Waals surface area (Å²) in [5, 5.41) is 0.778. The van der Waals surface area contributed by atoms with Crippen LogP contribution in [0.15, 0.2) is 24.3 Å². The standard InChI is InChI=1S/C13H16ClNO/c14-10-3-1-9(2-4-10)13(8-15)7-11-5-6-12(13)16-11/h1-4,11-12H,5-8,15H2. The largest absolute Gasteiger partial charge is 0.374 e. The maximum atomic E-state index is 6.01. The van der Waals surface area contributed by atoms with Gasteiger partial charge < -0.3 is 10.5 Å². The first kappa shape index (κ1) is 10.6. The van der Waals surface area contributed by atoms with Gasteiger partial charge in [-0.3, -0.25) is 0 Å². The fourth-order valence-electron chi connectivity index (χ4n) is 3.22. The van der Waals surface area contributed by atoms with Crippen molar-refractivity contribution in [2.75, 3.05) is 6.54 Å². The van der Waals surface area contributed by atoms with Crippen LogP contribution in [0.5, 0.6) is 0 Å². The summed E-state index contributed by atoms with van der Waals surface area (Å²) in [5.74, 6) is 0. The first-order valence-corrected chi connectivity index (χ1v) is 6.24. The molecule has 2 nitrogen and oxygen atoms in total. The minimum absolute atomic E-state index is 0.0352. The second-order valence-corrected chi connectivity index (χ2v) is 5.33. The lowest BCUT2D eigenvalue weighted by Gasteiger charge is -2.34. The van der Waals surface area contributed by atoms with Gasteiger partial charge in [0, 0.05) is 17.0 Å². The van der Waals surface area contributed by atoms with Crippen LogP contribution in [0.3, 0.4) is 0 Å². The zero-order chi connectivity index (χ0) is 11.2. The molecule has 2 N–H and O–H groups in total. The minimum atomic E-state index is 0.0352. The van der Waals surface area contributed by atoms with E-state index in [4.69, 9.17) is 22.1 Å². The summed E-state index contributed by atoms with van der Waals surface area (Å²) < 4.78 is 5.95. The van der Waals surface area contributed by atoms with Crippen LogP contribution >= 0.6 is 11.6 Å². The third-order valence-corrected chi connectivity index (χ3v) is 4.35. The average Bonchev–Trinajstić information content (AvgIpc) is 2.90. The van der Waals surface area contributed by atoms with Crippen molar-refractivity contribution in [3.8, 4) is 0 Å². The molecule has 3 rings (SSSR count). The fourth-order valence-corrected chi connectivity index (χ4v) is 3.34. The molecule has 2 aliphatic heterocycles. The van der Waals surface area contributed by atoms with Crippen LogP contribution in [0, 0.1) is 0 Å². The smallest absolute Gasteiger partial charge is 0.0689 e. The van der Waals surface area contributed by atoms with Crippen molar-refractivity contribution in [3.05, 3.63) is 34.9 Å². The molecule has 86 valence electrons. The minimum Gasteiger partial charge on any atom is -0.374 e. The van der Waals surface area contributed by atoms with E-state index in [-0.39, 0.29) is 5.41 Å². The number of hydrogen-bond acceptors (Lipinski definition) is 2. The maximum absolute atomic E-state index is 6.01. The van der Waals surface area contributed by atoms with Gasteiger partial charge in [-0.15, -0.1) is 0 Å². The summed E-state index contributed by atoms with van der Waals surface area (Å²) in [6.07, 6.45) is 4.13. The van der Waals surface area contributed by atoms with Crippen LogP contribution in [0.2, 0.25) is 5.02 Å². The fraction of sp³-hybridized carbons (Fsp3) is 0.538. The van der Waals surface area contributed by atoms with Gasteiger partial charge in [-0.05, 0) is 37.0 Å². The molecule has 0 radical (unpaired) electrons. The van der Waals surface area contributed by atoms with Crippen molar-refractivity contribution in [1.82, 2.24) is 0 Å². The molecule has 1 aromatic carbocycles. The highest BCUT2D eigenvalue weighted by Gasteiger charge is 2.52. The Bertz CT molecular complexity index is 391. The van der Waals surface area contributed by atoms with Crippen molar-refractivity contribution in [3.63, 3.8) is 0 Å². The van der Waals surface area contributed by atoms with E-state index < -0.39 is 0 Å². The summed E-state index contributed by atoms with van der Waals surface area (Å²) in [4.78, 5) is 0. The molecule has 16 heavy (non-hydrogen) atoms. The predicted octanol–water partition coefficient (Wildman–Crippen LogP) is 2.49. The highest BCUT2D eigenvalue weighted by atomic mass is 35.5. The van der Waals surface area contributed by atoms with E-state index in [0.29, 0.717) is 18.8 Å². The Kier molecular flexibility index (Phi) is 2.46. The second kappa shape index (κ2) is 3.73. The molecule has 2 heterocycles. The molecule has 0 aliphatic carbocycles. The molecule has 3 heteroatoms. The summed E-state index contributed by atoms with van der Waals surface area (Å²) in [6, 6.07) is 8.08. The Morgan fingerprint density at radius 3 is 2.56 bits per heavy atom. The molecular weight excluding hydrogens is 222 g/mol. The van der Waals surface area contributed by atoms with E-state index in [0.717, 1.165) is 17.9 Å². The van der Waals surface area contributed by atoms with Crippen molar-refractivity contribution in [1.29, 1.82) is 0 Å². The van der Waals surface area contributed by atoms with Gasteiger partial charge in [0.05, 0.1) is 12.2 Å². The Morgan fingerprint density at radius 2 is 2.06 bits per heavy atom. The molecular formula is C13H16ClNO. The zero-order valence-electron chi connectivity index (χ0n) is 9.16. The third kappa shape index (κ3) is 1.41. The SMILES string of the molecule is NCC1(c2ccc(Cl)cc2)CC2CCC1O2. The van der Waals surface area contributed by atoms with Crippen LogP contribution in [0.4, 0.5) is 0 Å². The molecule has 3 atom stereocenters. The molecule has 2 saturated heterocycles. The van der Waals surface area contributed by atoms with Crippen LogP contribution in [-0.4, -0.2) is 18.8 Å². The van der Waals surface area contributed by atoms with E-state index in [9.17, 15) is 0 Å². The van der Waals surface area contributed by atoms with Gasteiger partial charge in [0.2, 0.25) is 0 Å². The summed E-state index contributed by atoms with van der Waals surface area (Å²) in [6.45, 7) is 0.662. The molecule has 0 aromatic heterocycles. The van der Waals surface area contributed by atoms with E-state index in [1.165, 1.54) is 12.0 Å². The lowest BCUT2D eigenvalue weighted by atomic mass is 9.69. The van der Waals surface area contributed by atoms with Gasteiger partial charge in [0.25, 0.3) is 0 Å². The van der Waals surface area contributed by atoms with Crippen LogP contribution in [-0.2, 0) is 10.2 Å². The molecule has 2 bridgehead atoms. The third-order valence-electron chi connectivity index (χ3n) is 4.10. The quantitative estimate of drug-likeness (QED) is 0.858. The van der Waals surface area contributed by atoms with Gasteiger partial charge in [-0.1, -0.05) is 23.7 Å². The van der Waals surface area contributed by atoms with Gasteiger partial charge in [0.1, 0.15) is 0 Å². The number of halogens is 1. The number of benzene rings is 1. The monoisotopic (exact) mass is 237 g/mol. The average molecular weight is 238 g/mol. The van der Waals surface area contributed by atoms with Gasteiger partial charge in [-0.2, -0.15) is 0 Å². The topological polar surface area (TPSA) is 35.2 Å². The van der Waals surface area contributed by atoms with Gasteiger partial charge in [0.15, 0.2) is 0 Å². The van der Waals surface area contributed by atoms with E-state index in [1.54, 1.807) is 0 Å². The summed E-state index contributed by atoms with van der Waals surface area (Å²) >= 11 is 5.92. The van der Waals surface area contributed by atoms with Crippen LogP contribution < -0.4 is 5.73 Å². The predicted molar refractivity (Wildman–Crippen MR) is 64.7 cm³/mol. The van der Waals surface area contributed by atoms with Gasteiger partial charge >= 0.3 is 0 Å². The first-order valence-electron chi connectivity index (χ1n) is 5.86. The number of ether oxygens (including phenoxy) is 1. The van der Waals surface area contributed by atoms with E-state index in [2.05, 4.69) is 12.1 Å². The molecule has 2 fully saturated rings. The number of rotatable bonds is 2. The van der Waals surface area contributed by atoms with Crippen LogP contribution in [0.1, 0.15) is 24.8 Å². The van der Waals surface area contributed by atoms with Crippen molar-refractivity contribution in [2.45, 2.75) is 36.9 Å². The van der Waals surface area contributed by atoms with Gasteiger partial charge in [-0.25, -0.2) is 0 Å². The molecule has 2 aliphatic rings. The Hall–Kier alpha value is -0.570. The Balaban J connectivity index is 1.99. The zero-order valence-corrected chi connectivity index (χ0v) is 9.91. The molecule has 0 amide bonds. The molecule has 0 saturated carbocycles. The number of fused-ring (bicyclic) bond motifs is 2. The van der Waals surface area contributed by atoms with E-state index >= 15 is 0 Å². The van der Waals surface area contributed by atoms with Crippen molar-refractivity contribution >= 4 is 11.6 Å². The molecule has 0 spiro atoms. The number of nitrogens with two attached hydrogens (primary N) is 1.